The minimum Gasteiger partial charge on any atom is -0.432 e. The van der Waals surface area contributed by atoms with Gasteiger partial charge < -0.3 is 10.2 Å². The number of anilines is 1. The molecule has 0 saturated heterocycles. The van der Waals surface area contributed by atoms with Crippen LogP contribution in [-0.2, 0) is 0 Å². The number of hydrogen-bond donors (Lipinski definition) is 1. The molecule has 0 radical (unpaired) electrons. The third kappa shape index (κ3) is 1.67. The summed E-state index contributed by atoms with van der Waals surface area (Å²) in [6, 6.07) is 12.7. The quantitative estimate of drug-likeness (QED) is 0.632. The molecule has 2 N–H and O–H groups in total. The molecule has 3 aromatic rings. The number of fused-ring (bicyclic) bond motifs is 1. The summed E-state index contributed by atoms with van der Waals surface area (Å²) in [6.45, 7) is 0. The molecule has 1 aromatic heterocycles. The lowest BCUT2D eigenvalue weighted by molar-refractivity contribution is 0.581. The maximum Gasteiger partial charge on any atom is 0.292 e. The number of aromatic nitrogens is 1. The zero-order valence-corrected chi connectivity index (χ0v) is 9.47. The monoisotopic (exact) mass is 222 g/mol. The van der Waals surface area contributed by atoms with E-state index in [1.54, 1.807) is 6.26 Å². The lowest BCUT2D eigenvalue weighted by Crippen LogP contribution is -2.00. The van der Waals surface area contributed by atoms with Crippen molar-refractivity contribution in [3.63, 3.8) is 0 Å². The molecule has 2 aromatic carbocycles. The molecule has 0 aliphatic heterocycles. The van der Waals surface area contributed by atoms with Crippen molar-refractivity contribution < 1.29 is 4.42 Å². The molecule has 3 nitrogen and oxygen atoms in total. The topological polar surface area (TPSA) is 52.0 Å². The van der Waals surface area contributed by atoms with Gasteiger partial charge in [0.1, 0.15) is 19.8 Å². The van der Waals surface area contributed by atoms with Crippen molar-refractivity contribution in [3.8, 4) is 11.3 Å². The Morgan fingerprint density at radius 3 is 2.82 bits per heavy atom. The van der Waals surface area contributed by atoms with Crippen LogP contribution in [0.2, 0.25) is 0 Å². The molecule has 0 bridgehead atoms. The zero-order chi connectivity index (χ0) is 11.8. The molecule has 17 heavy (non-hydrogen) atoms. The highest BCUT2D eigenvalue weighted by Crippen LogP contribution is 2.27. The second kappa shape index (κ2) is 3.66. The lowest BCUT2D eigenvalue weighted by atomic mass is 9.91. The van der Waals surface area contributed by atoms with E-state index < -0.39 is 0 Å². The predicted molar refractivity (Wildman–Crippen MR) is 72.0 cm³/mol. The van der Waals surface area contributed by atoms with Gasteiger partial charge in [0.25, 0.3) is 6.01 Å². The van der Waals surface area contributed by atoms with Gasteiger partial charge in [-0.25, -0.2) is 0 Å². The maximum absolute atomic E-state index is 5.51. The van der Waals surface area contributed by atoms with Gasteiger partial charge in [-0.15, -0.1) is 0 Å². The molecule has 1 heterocycles. The molecule has 3 rings (SSSR count). The fraction of sp³-hybridized carbons (Fsp3) is 0. The molecule has 0 spiro atoms. The van der Waals surface area contributed by atoms with Gasteiger partial charge in [-0.3, -0.25) is 0 Å². The molecule has 0 fully saturated rings. The van der Waals surface area contributed by atoms with E-state index in [4.69, 9.17) is 10.2 Å². The second-order valence-corrected chi connectivity index (χ2v) is 4.10. The molecule has 0 atom stereocenters. The van der Waals surface area contributed by atoms with Crippen LogP contribution < -0.4 is 11.2 Å². The summed E-state index contributed by atoms with van der Waals surface area (Å²) < 4.78 is 5.06. The number of nitrogens with zero attached hydrogens (tertiary/aromatic N) is 1. The van der Waals surface area contributed by atoms with Crippen molar-refractivity contribution in [2.75, 3.05) is 5.73 Å². The summed E-state index contributed by atoms with van der Waals surface area (Å²) in [5, 5.41) is 2.36. The lowest BCUT2D eigenvalue weighted by Gasteiger charge is -2.04. The third-order valence-electron chi connectivity index (χ3n) is 2.84. The van der Waals surface area contributed by atoms with E-state index in [1.807, 2.05) is 12.1 Å². The Hall–Kier alpha value is -2.23. The Morgan fingerprint density at radius 2 is 2.06 bits per heavy atom. The van der Waals surface area contributed by atoms with Crippen LogP contribution in [0.1, 0.15) is 0 Å². The minimum atomic E-state index is 0.199. The summed E-state index contributed by atoms with van der Waals surface area (Å²) in [6.07, 6.45) is 1.59. The number of hydrogen-bond acceptors (Lipinski definition) is 3. The van der Waals surface area contributed by atoms with Gasteiger partial charge in [-0.2, -0.15) is 4.98 Å². The van der Waals surface area contributed by atoms with E-state index in [9.17, 15) is 0 Å². The second-order valence-electron chi connectivity index (χ2n) is 4.10. The average molecular weight is 222 g/mol. The van der Waals surface area contributed by atoms with Gasteiger partial charge in [0.15, 0.2) is 0 Å². The Bertz CT molecular complexity index is 691. The molecular formula is C13H11BN2O. The standard InChI is InChI=1S/C13H11BN2O/c14-9-5-4-8-2-1-3-10(11(8)6-9)12-7-17-13(15)16-12/h1-7H,14H2,(H2,15,16). The smallest absolute Gasteiger partial charge is 0.292 e. The molecule has 0 aliphatic carbocycles. The first-order valence-corrected chi connectivity index (χ1v) is 5.45. The Balaban J connectivity index is 2.32. The summed E-state index contributed by atoms with van der Waals surface area (Å²) in [5.74, 6) is 0. The SMILES string of the molecule is Bc1ccc2cccc(-c3coc(N)n3)c2c1. The normalized spacial score (nSPS) is 10.8. The van der Waals surface area contributed by atoms with E-state index in [-0.39, 0.29) is 6.01 Å². The fourth-order valence-electron chi connectivity index (χ4n) is 2.02. The van der Waals surface area contributed by atoms with Crippen molar-refractivity contribution in [2.24, 2.45) is 0 Å². The van der Waals surface area contributed by atoms with Crippen LogP contribution in [0, 0.1) is 0 Å². The zero-order valence-electron chi connectivity index (χ0n) is 9.47. The molecule has 0 saturated carbocycles. The number of nitrogens with two attached hydrogens (primary N) is 1. The van der Waals surface area contributed by atoms with Crippen LogP contribution in [-0.4, -0.2) is 12.8 Å². The number of oxazole rings is 1. The van der Waals surface area contributed by atoms with Crippen molar-refractivity contribution in [3.05, 3.63) is 42.7 Å². The molecular weight excluding hydrogens is 211 g/mol. The van der Waals surface area contributed by atoms with E-state index in [0.717, 1.165) is 11.3 Å². The van der Waals surface area contributed by atoms with Gasteiger partial charge >= 0.3 is 0 Å². The Labute approximate surface area is 99.7 Å². The van der Waals surface area contributed by atoms with Crippen LogP contribution in [0.5, 0.6) is 0 Å². The predicted octanol–water partition coefficient (Wildman–Crippen LogP) is 1.34. The first-order chi connectivity index (χ1) is 8.24. The van der Waals surface area contributed by atoms with Gasteiger partial charge in [-0.05, 0) is 10.8 Å². The van der Waals surface area contributed by atoms with E-state index >= 15 is 0 Å². The third-order valence-corrected chi connectivity index (χ3v) is 2.84. The first-order valence-electron chi connectivity index (χ1n) is 5.45. The number of nitrogen functional groups attached to an aromatic ring is 1. The highest BCUT2D eigenvalue weighted by Gasteiger charge is 2.07. The van der Waals surface area contributed by atoms with E-state index in [0.29, 0.717) is 0 Å². The fourth-order valence-corrected chi connectivity index (χ4v) is 2.02. The maximum atomic E-state index is 5.51. The minimum absolute atomic E-state index is 0.199. The van der Waals surface area contributed by atoms with Gasteiger partial charge in [0.2, 0.25) is 0 Å². The van der Waals surface area contributed by atoms with E-state index in [1.165, 1.54) is 16.2 Å². The van der Waals surface area contributed by atoms with Gasteiger partial charge in [-0.1, -0.05) is 41.9 Å². The Morgan fingerprint density at radius 1 is 1.18 bits per heavy atom. The van der Waals surface area contributed by atoms with Crippen molar-refractivity contribution in [1.29, 1.82) is 0 Å². The Kier molecular flexibility index (Phi) is 2.15. The summed E-state index contributed by atoms with van der Waals surface area (Å²) >= 11 is 0. The number of benzene rings is 2. The van der Waals surface area contributed by atoms with Crippen LogP contribution in [0.25, 0.3) is 22.0 Å². The molecule has 82 valence electrons. The highest BCUT2D eigenvalue weighted by atomic mass is 16.4. The van der Waals surface area contributed by atoms with Crippen LogP contribution in [0.15, 0.2) is 47.1 Å². The summed E-state index contributed by atoms with van der Waals surface area (Å²) in [7, 11) is 2.08. The van der Waals surface area contributed by atoms with Crippen molar-refractivity contribution in [1.82, 2.24) is 4.98 Å². The average Bonchev–Trinajstić information content (AvgIpc) is 2.75. The summed E-state index contributed by atoms with van der Waals surface area (Å²) in [5.41, 5.74) is 8.56. The van der Waals surface area contributed by atoms with Gasteiger partial charge in [0.05, 0.1) is 0 Å². The molecule has 0 amide bonds. The number of rotatable bonds is 1. The van der Waals surface area contributed by atoms with Crippen molar-refractivity contribution in [2.45, 2.75) is 0 Å². The van der Waals surface area contributed by atoms with Crippen LogP contribution in [0.3, 0.4) is 0 Å². The van der Waals surface area contributed by atoms with Crippen molar-refractivity contribution >= 4 is 30.1 Å². The van der Waals surface area contributed by atoms with E-state index in [2.05, 4.69) is 37.1 Å². The van der Waals surface area contributed by atoms with Crippen LogP contribution in [0.4, 0.5) is 6.01 Å². The summed E-state index contributed by atoms with van der Waals surface area (Å²) in [4.78, 5) is 4.17. The van der Waals surface area contributed by atoms with Gasteiger partial charge in [0, 0.05) is 5.56 Å². The molecule has 0 aliphatic rings. The first kappa shape index (κ1) is 9.96. The largest absolute Gasteiger partial charge is 0.432 e. The molecule has 0 unspecified atom stereocenters. The molecule has 4 heteroatoms. The highest BCUT2D eigenvalue weighted by molar-refractivity contribution is 6.33. The van der Waals surface area contributed by atoms with Crippen LogP contribution >= 0.6 is 0 Å².